The van der Waals surface area contributed by atoms with Crippen LogP contribution in [0.15, 0.2) is 58.4 Å². The number of non-ortho nitro benzene ring substituents is 1. The van der Waals surface area contributed by atoms with E-state index in [1.165, 1.54) is 29.2 Å². The zero-order valence-electron chi connectivity index (χ0n) is 16.4. The van der Waals surface area contributed by atoms with Crippen LogP contribution in [-0.4, -0.2) is 28.4 Å². The van der Waals surface area contributed by atoms with Gasteiger partial charge >= 0.3 is 0 Å². The summed E-state index contributed by atoms with van der Waals surface area (Å²) in [5.74, 6) is 0.790. The first-order valence-electron chi connectivity index (χ1n) is 9.08. The molecule has 0 atom stereocenters. The third-order valence-electron chi connectivity index (χ3n) is 4.09. The van der Waals surface area contributed by atoms with Crippen LogP contribution in [0.1, 0.15) is 12.5 Å². The van der Waals surface area contributed by atoms with Crippen LogP contribution in [0.2, 0.25) is 0 Å². The quantitative estimate of drug-likeness (QED) is 0.144. The maximum atomic E-state index is 13.0. The van der Waals surface area contributed by atoms with Gasteiger partial charge < -0.3 is 9.47 Å². The van der Waals surface area contributed by atoms with Crippen LogP contribution >= 0.6 is 39.9 Å². The zero-order chi connectivity index (χ0) is 22.5. The summed E-state index contributed by atoms with van der Waals surface area (Å²) >= 11 is 10.0. The number of nitro benzene ring substituents is 1. The first-order chi connectivity index (χ1) is 14.8. The minimum Gasteiger partial charge on any atom is -0.490 e. The second kappa shape index (κ2) is 10.1. The van der Waals surface area contributed by atoms with Gasteiger partial charge in [-0.05, 0) is 58.8 Å². The molecule has 0 unspecified atom stereocenters. The average Bonchev–Trinajstić information content (AvgIpc) is 3.00. The van der Waals surface area contributed by atoms with E-state index in [9.17, 15) is 14.9 Å². The summed E-state index contributed by atoms with van der Waals surface area (Å²) in [5.41, 5.74) is 1.14. The van der Waals surface area contributed by atoms with Crippen molar-refractivity contribution in [2.75, 3.05) is 18.1 Å². The summed E-state index contributed by atoms with van der Waals surface area (Å²) in [5, 5.41) is 10.9. The molecule has 1 saturated heterocycles. The lowest BCUT2D eigenvalue weighted by atomic mass is 10.1. The lowest BCUT2D eigenvalue weighted by Gasteiger charge is -2.14. The number of carbonyl (C=O) groups excluding carboxylic acids is 1. The van der Waals surface area contributed by atoms with E-state index in [2.05, 4.69) is 22.5 Å². The van der Waals surface area contributed by atoms with Crippen LogP contribution in [0.25, 0.3) is 6.08 Å². The Morgan fingerprint density at radius 2 is 2.00 bits per heavy atom. The van der Waals surface area contributed by atoms with Gasteiger partial charge in [-0.3, -0.25) is 19.8 Å². The van der Waals surface area contributed by atoms with Crippen LogP contribution < -0.4 is 14.4 Å². The maximum absolute atomic E-state index is 13.0. The number of hydrogen-bond donors (Lipinski definition) is 0. The van der Waals surface area contributed by atoms with Gasteiger partial charge in [-0.25, -0.2) is 0 Å². The van der Waals surface area contributed by atoms with E-state index in [0.717, 1.165) is 17.3 Å². The fraction of sp³-hybridized carbons (Fsp3) is 0.143. The van der Waals surface area contributed by atoms with Crippen LogP contribution in [0.4, 0.5) is 11.4 Å². The van der Waals surface area contributed by atoms with Crippen molar-refractivity contribution in [2.24, 2.45) is 0 Å². The number of benzene rings is 2. The van der Waals surface area contributed by atoms with Gasteiger partial charge in [0.25, 0.3) is 11.6 Å². The predicted molar refractivity (Wildman–Crippen MR) is 130 cm³/mol. The Hall–Kier alpha value is -2.69. The van der Waals surface area contributed by atoms with E-state index < -0.39 is 4.92 Å². The minimum absolute atomic E-state index is 0.0585. The molecular formula is C21H17BrN2O5S2. The first kappa shape index (κ1) is 23.0. The van der Waals surface area contributed by atoms with Crippen LogP contribution in [0.3, 0.4) is 0 Å². The highest BCUT2D eigenvalue weighted by molar-refractivity contribution is 9.10. The maximum Gasteiger partial charge on any atom is 0.270 e. The number of nitrogens with zero attached hydrogens (tertiary/aromatic N) is 2. The second-order valence-corrected chi connectivity index (χ2v) is 8.68. The number of halogens is 1. The summed E-state index contributed by atoms with van der Waals surface area (Å²) in [6, 6.07) is 9.28. The highest BCUT2D eigenvalue weighted by Crippen LogP contribution is 2.40. The van der Waals surface area contributed by atoms with Gasteiger partial charge in [0.1, 0.15) is 6.61 Å². The van der Waals surface area contributed by atoms with Crippen molar-refractivity contribution in [2.45, 2.75) is 6.92 Å². The van der Waals surface area contributed by atoms with Crippen molar-refractivity contribution in [1.82, 2.24) is 0 Å². The molecule has 3 rings (SSSR count). The monoisotopic (exact) mass is 520 g/mol. The lowest BCUT2D eigenvalue weighted by Crippen LogP contribution is -2.27. The minimum atomic E-state index is -0.496. The van der Waals surface area contributed by atoms with Gasteiger partial charge in [-0.1, -0.05) is 36.6 Å². The number of carbonyl (C=O) groups is 1. The van der Waals surface area contributed by atoms with Crippen LogP contribution in [-0.2, 0) is 4.79 Å². The first-order valence-corrected chi connectivity index (χ1v) is 11.1. The average molecular weight is 521 g/mol. The molecule has 0 N–H and O–H groups in total. The fourth-order valence-electron chi connectivity index (χ4n) is 2.78. The number of rotatable bonds is 8. The molecule has 1 aliphatic heterocycles. The number of ether oxygens (including phenoxy) is 2. The van der Waals surface area contributed by atoms with Crippen molar-refractivity contribution < 1.29 is 19.2 Å². The van der Waals surface area contributed by atoms with E-state index in [1.54, 1.807) is 18.2 Å². The number of hydrogen-bond acceptors (Lipinski definition) is 7. The molecule has 0 radical (unpaired) electrons. The Morgan fingerprint density at radius 3 is 2.61 bits per heavy atom. The van der Waals surface area contributed by atoms with E-state index in [1.807, 2.05) is 13.0 Å². The van der Waals surface area contributed by atoms with Crippen LogP contribution in [0, 0.1) is 10.1 Å². The van der Waals surface area contributed by atoms with E-state index >= 15 is 0 Å². The molecular weight excluding hydrogens is 504 g/mol. The highest BCUT2D eigenvalue weighted by atomic mass is 79.9. The van der Waals surface area contributed by atoms with Crippen molar-refractivity contribution >= 4 is 67.6 Å². The van der Waals surface area contributed by atoms with Crippen LogP contribution in [0.5, 0.6) is 11.5 Å². The molecule has 2 aromatic carbocycles. The predicted octanol–water partition coefficient (Wildman–Crippen LogP) is 5.73. The summed E-state index contributed by atoms with van der Waals surface area (Å²) < 4.78 is 12.4. The number of thiocarbonyl (C=S) groups is 1. The summed E-state index contributed by atoms with van der Waals surface area (Å²) in [6.07, 6.45) is 3.36. The summed E-state index contributed by atoms with van der Waals surface area (Å²) in [4.78, 5) is 25.1. The number of amides is 1. The Balaban J connectivity index is 1.91. The van der Waals surface area contributed by atoms with E-state index in [0.29, 0.717) is 44.1 Å². The molecule has 10 heteroatoms. The zero-order valence-corrected chi connectivity index (χ0v) is 19.6. The normalized spacial score (nSPS) is 14.8. The van der Waals surface area contributed by atoms with Gasteiger partial charge in [0.05, 0.1) is 26.6 Å². The van der Waals surface area contributed by atoms with Gasteiger partial charge in [0.15, 0.2) is 15.8 Å². The summed E-state index contributed by atoms with van der Waals surface area (Å²) in [6.45, 7) is 6.29. The van der Waals surface area contributed by atoms with Crippen molar-refractivity contribution in [3.8, 4) is 11.5 Å². The lowest BCUT2D eigenvalue weighted by molar-refractivity contribution is -0.384. The molecule has 31 heavy (non-hydrogen) atoms. The standard InChI is InChI=1S/C21H17BrN2O5S2/c1-3-9-29-19-16(22)10-13(11-17(19)28-4-2)12-18-20(25)23(21(30)31-18)14-5-7-15(8-6-14)24(26)27/h3,5-8,10-12H,1,4,9H2,2H3/b18-12-. The van der Waals surface area contributed by atoms with E-state index in [4.69, 9.17) is 21.7 Å². The number of thioether (sulfide) groups is 1. The molecule has 1 aliphatic rings. The Kier molecular flexibility index (Phi) is 7.47. The molecule has 2 aromatic rings. The molecule has 0 bridgehead atoms. The molecule has 1 heterocycles. The second-order valence-electron chi connectivity index (χ2n) is 6.15. The topological polar surface area (TPSA) is 81.9 Å². The van der Waals surface area contributed by atoms with Crippen molar-refractivity contribution in [3.05, 3.63) is 74.1 Å². The van der Waals surface area contributed by atoms with Gasteiger partial charge in [0, 0.05) is 12.1 Å². The summed E-state index contributed by atoms with van der Waals surface area (Å²) in [7, 11) is 0. The molecule has 0 aromatic heterocycles. The molecule has 1 fully saturated rings. The van der Waals surface area contributed by atoms with Gasteiger partial charge in [-0.15, -0.1) is 0 Å². The smallest absolute Gasteiger partial charge is 0.270 e. The fourth-order valence-corrected chi connectivity index (χ4v) is 4.65. The van der Waals surface area contributed by atoms with Gasteiger partial charge in [0.2, 0.25) is 0 Å². The molecule has 160 valence electrons. The Bertz CT molecular complexity index is 1090. The number of nitro groups is 1. The SMILES string of the molecule is C=CCOc1c(Br)cc(/C=C2\SC(=S)N(c3ccc([N+](=O)[O-])cc3)C2=O)cc1OCC. The molecule has 0 spiro atoms. The third-order valence-corrected chi connectivity index (χ3v) is 5.98. The van der Waals surface area contributed by atoms with Crippen molar-refractivity contribution in [3.63, 3.8) is 0 Å². The highest BCUT2D eigenvalue weighted by Gasteiger charge is 2.33. The largest absolute Gasteiger partial charge is 0.490 e. The van der Waals surface area contributed by atoms with E-state index in [-0.39, 0.29) is 11.6 Å². The Morgan fingerprint density at radius 1 is 1.29 bits per heavy atom. The van der Waals surface area contributed by atoms with Crippen molar-refractivity contribution in [1.29, 1.82) is 0 Å². The molecule has 0 aliphatic carbocycles. The number of anilines is 1. The van der Waals surface area contributed by atoms with Gasteiger partial charge in [-0.2, -0.15) is 0 Å². The third kappa shape index (κ3) is 5.15. The molecule has 7 nitrogen and oxygen atoms in total. The Labute approximate surface area is 197 Å². The molecule has 0 saturated carbocycles. The molecule has 1 amide bonds.